The Kier molecular flexibility index (Phi) is 7.93. The van der Waals surface area contributed by atoms with E-state index in [0.29, 0.717) is 5.04 Å². The van der Waals surface area contributed by atoms with Crippen molar-refractivity contribution < 1.29 is 4.43 Å². The van der Waals surface area contributed by atoms with E-state index in [4.69, 9.17) is 4.43 Å². The van der Waals surface area contributed by atoms with E-state index in [-0.39, 0.29) is 0 Å². The highest BCUT2D eigenvalue weighted by atomic mass is 28.4. The molecule has 0 amide bonds. The summed E-state index contributed by atoms with van der Waals surface area (Å²) in [4.78, 5) is 0. The van der Waals surface area contributed by atoms with Gasteiger partial charge >= 0.3 is 0 Å². The van der Waals surface area contributed by atoms with Gasteiger partial charge in [0.15, 0.2) is 0 Å². The number of rotatable bonds is 8. The van der Waals surface area contributed by atoms with Gasteiger partial charge in [0, 0.05) is 0 Å². The summed E-state index contributed by atoms with van der Waals surface area (Å²) in [5.74, 6) is 0.850. The highest BCUT2D eigenvalue weighted by molar-refractivity contribution is 6.74. The molecule has 0 saturated carbocycles. The molecule has 0 aromatic rings. The van der Waals surface area contributed by atoms with E-state index < -0.39 is 8.32 Å². The van der Waals surface area contributed by atoms with Gasteiger partial charge in [-0.15, -0.1) is 0 Å². The largest absolute Gasteiger partial charge is 0.549 e. The van der Waals surface area contributed by atoms with Gasteiger partial charge in [0.25, 0.3) is 0 Å². The van der Waals surface area contributed by atoms with Crippen molar-refractivity contribution in [1.82, 2.24) is 0 Å². The van der Waals surface area contributed by atoms with E-state index in [1.165, 1.54) is 25.7 Å². The first-order valence-corrected chi connectivity index (χ1v) is 10.4. The minimum Gasteiger partial charge on any atom is -0.549 e. The van der Waals surface area contributed by atoms with Crippen molar-refractivity contribution in [3.05, 3.63) is 12.3 Å². The molecule has 0 bridgehead atoms. The van der Waals surface area contributed by atoms with E-state index in [0.717, 1.165) is 12.3 Å². The van der Waals surface area contributed by atoms with Crippen LogP contribution in [0.1, 0.15) is 66.7 Å². The molecule has 0 heterocycles. The maximum atomic E-state index is 6.02. The first-order chi connectivity index (χ1) is 8.20. The molecule has 1 nitrogen and oxygen atoms in total. The predicted molar refractivity (Wildman–Crippen MR) is 85.3 cm³/mol. The molecular weight excluding hydrogens is 236 g/mol. The topological polar surface area (TPSA) is 9.23 Å². The van der Waals surface area contributed by atoms with Crippen molar-refractivity contribution >= 4 is 8.32 Å². The van der Waals surface area contributed by atoms with Crippen molar-refractivity contribution in [2.24, 2.45) is 5.92 Å². The van der Waals surface area contributed by atoms with E-state index in [2.05, 4.69) is 53.8 Å². The normalized spacial score (nSPS) is 15.1. The summed E-state index contributed by atoms with van der Waals surface area (Å²) in [6, 6.07) is 0. The van der Waals surface area contributed by atoms with Gasteiger partial charge in [0.2, 0.25) is 8.32 Å². The number of allylic oxidation sites excluding steroid dienone is 1. The quantitative estimate of drug-likeness (QED) is 0.381. The molecule has 0 aliphatic carbocycles. The van der Waals surface area contributed by atoms with Crippen molar-refractivity contribution in [1.29, 1.82) is 0 Å². The van der Waals surface area contributed by atoms with E-state index in [1.807, 2.05) is 6.26 Å². The van der Waals surface area contributed by atoms with Crippen LogP contribution < -0.4 is 0 Å². The van der Waals surface area contributed by atoms with Crippen LogP contribution >= 0.6 is 0 Å². The molecule has 108 valence electrons. The Hall–Kier alpha value is -0.243. The van der Waals surface area contributed by atoms with Crippen LogP contribution in [0.15, 0.2) is 12.3 Å². The molecule has 1 unspecified atom stereocenters. The molecule has 0 rings (SSSR count). The third kappa shape index (κ3) is 7.25. The van der Waals surface area contributed by atoms with Gasteiger partial charge in [-0.2, -0.15) is 0 Å². The molecule has 1 atom stereocenters. The Morgan fingerprint density at radius 2 is 1.78 bits per heavy atom. The lowest BCUT2D eigenvalue weighted by Gasteiger charge is -2.35. The van der Waals surface area contributed by atoms with Gasteiger partial charge in [-0.05, 0) is 36.9 Å². The molecule has 0 N–H and O–H groups in total. The minimum atomic E-state index is -1.59. The summed E-state index contributed by atoms with van der Waals surface area (Å²) in [5, 5.41) is 0.297. The first-order valence-electron chi connectivity index (χ1n) is 7.53. The summed E-state index contributed by atoms with van der Waals surface area (Å²) < 4.78 is 6.02. The SMILES string of the molecule is CCCCC(C)CC/C=C/O[Si](C)(C)C(C)(C)C. The molecule has 2 heteroatoms. The van der Waals surface area contributed by atoms with Crippen LogP contribution in [-0.2, 0) is 4.43 Å². The van der Waals surface area contributed by atoms with Crippen LogP contribution in [-0.4, -0.2) is 8.32 Å². The summed E-state index contributed by atoms with van der Waals surface area (Å²) in [6.07, 6.45) is 10.7. The molecule has 0 aliphatic heterocycles. The highest BCUT2D eigenvalue weighted by Gasteiger charge is 2.37. The smallest absolute Gasteiger partial charge is 0.249 e. The Balaban J connectivity index is 3.85. The molecule has 0 aliphatic rings. The van der Waals surface area contributed by atoms with Crippen LogP contribution in [0.25, 0.3) is 0 Å². The van der Waals surface area contributed by atoms with Gasteiger partial charge in [-0.3, -0.25) is 0 Å². The molecule has 0 aromatic heterocycles. The highest BCUT2D eigenvalue weighted by Crippen LogP contribution is 2.36. The Morgan fingerprint density at radius 3 is 2.28 bits per heavy atom. The van der Waals surface area contributed by atoms with Crippen molar-refractivity contribution in [2.75, 3.05) is 0 Å². The fraction of sp³-hybridized carbons (Fsp3) is 0.875. The van der Waals surface area contributed by atoms with Crippen LogP contribution in [0, 0.1) is 5.92 Å². The molecule has 0 aromatic carbocycles. The number of hydrogen-bond donors (Lipinski definition) is 0. The summed E-state index contributed by atoms with van der Waals surface area (Å²) in [7, 11) is -1.59. The maximum Gasteiger partial charge on any atom is 0.249 e. The lowest BCUT2D eigenvalue weighted by molar-refractivity contribution is 0.424. The van der Waals surface area contributed by atoms with Crippen molar-refractivity contribution in [2.45, 2.75) is 84.9 Å². The van der Waals surface area contributed by atoms with Gasteiger partial charge < -0.3 is 4.43 Å². The summed E-state index contributed by atoms with van der Waals surface area (Å²) >= 11 is 0. The zero-order valence-corrected chi connectivity index (χ0v) is 14.7. The zero-order chi connectivity index (χ0) is 14.2. The Morgan fingerprint density at radius 1 is 1.17 bits per heavy atom. The number of unbranched alkanes of at least 4 members (excludes halogenated alkanes) is 1. The van der Waals surface area contributed by atoms with E-state index in [9.17, 15) is 0 Å². The molecule has 18 heavy (non-hydrogen) atoms. The van der Waals surface area contributed by atoms with Gasteiger partial charge in [-0.25, -0.2) is 0 Å². The third-order valence-corrected chi connectivity index (χ3v) is 8.48. The minimum absolute atomic E-state index is 0.297. The first kappa shape index (κ1) is 17.8. The average molecular weight is 271 g/mol. The lowest BCUT2D eigenvalue weighted by Crippen LogP contribution is -2.39. The third-order valence-electron chi connectivity index (χ3n) is 4.14. The van der Waals surface area contributed by atoms with Crippen LogP contribution in [0.5, 0.6) is 0 Å². The monoisotopic (exact) mass is 270 g/mol. The fourth-order valence-electron chi connectivity index (χ4n) is 1.54. The molecule has 0 saturated heterocycles. The zero-order valence-electron chi connectivity index (χ0n) is 13.7. The second kappa shape index (κ2) is 8.03. The van der Waals surface area contributed by atoms with Crippen molar-refractivity contribution in [3.63, 3.8) is 0 Å². The molecule has 0 radical (unpaired) electrons. The molecule has 0 spiro atoms. The van der Waals surface area contributed by atoms with E-state index in [1.54, 1.807) is 0 Å². The van der Waals surface area contributed by atoms with Crippen molar-refractivity contribution in [3.8, 4) is 0 Å². The Bertz CT molecular complexity index is 238. The number of hydrogen-bond acceptors (Lipinski definition) is 1. The summed E-state index contributed by atoms with van der Waals surface area (Å²) in [5.41, 5.74) is 0. The standard InChI is InChI=1S/C16H34OSi/c1-8-9-12-15(2)13-10-11-14-17-18(6,7)16(3,4)5/h11,14-15H,8-10,12-13H2,1-7H3/b14-11+. The second-order valence-corrected chi connectivity index (χ2v) is 11.8. The lowest BCUT2D eigenvalue weighted by atomic mass is 9.99. The summed E-state index contributed by atoms with van der Waals surface area (Å²) in [6.45, 7) is 16.0. The average Bonchev–Trinajstić information content (AvgIpc) is 2.24. The second-order valence-electron chi connectivity index (χ2n) is 7.07. The predicted octanol–water partition coefficient (Wildman–Crippen LogP) is 6.13. The van der Waals surface area contributed by atoms with Crippen LogP contribution in [0.4, 0.5) is 0 Å². The maximum absolute atomic E-state index is 6.02. The van der Waals surface area contributed by atoms with Crippen LogP contribution in [0.3, 0.4) is 0 Å². The van der Waals surface area contributed by atoms with Gasteiger partial charge in [0.05, 0.1) is 6.26 Å². The van der Waals surface area contributed by atoms with Gasteiger partial charge in [-0.1, -0.05) is 60.0 Å². The van der Waals surface area contributed by atoms with Crippen LogP contribution in [0.2, 0.25) is 18.1 Å². The fourth-order valence-corrected chi connectivity index (χ4v) is 2.33. The van der Waals surface area contributed by atoms with E-state index >= 15 is 0 Å². The van der Waals surface area contributed by atoms with Gasteiger partial charge in [0.1, 0.15) is 0 Å². The molecule has 0 fully saturated rings. The molecular formula is C16H34OSi. The Labute approximate surface area is 116 Å².